The van der Waals surface area contributed by atoms with Crippen molar-refractivity contribution in [1.82, 2.24) is 5.32 Å². The third-order valence-corrected chi connectivity index (χ3v) is 3.40. The number of nitro groups is 1. The molecular formula is C14H19N3O4. The Morgan fingerprint density at radius 1 is 1.57 bits per heavy atom. The molecule has 0 aliphatic carbocycles. The lowest BCUT2D eigenvalue weighted by atomic mass is 9.99. The lowest BCUT2D eigenvalue weighted by molar-refractivity contribution is -0.384. The summed E-state index contributed by atoms with van der Waals surface area (Å²) in [5.74, 6) is 0.0842. The van der Waals surface area contributed by atoms with Gasteiger partial charge in [0.1, 0.15) is 11.4 Å². The van der Waals surface area contributed by atoms with E-state index in [1.54, 1.807) is 13.0 Å². The maximum atomic E-state index is 12.1. The Balaban J connectivity index is 2.14. The monoisotopic (exact) mass is 293 g/mol. The van der Waals surface area contributed by atoms with E-state index in [-0.39, 0.29) is 23.2 Å². The van der Waals surface area contributed by atoms with Gasteiger partial charge in [0.05, 0.1) is 23.5 Å². The number of piperidine rings is 1. The van der Waals surface area contributed by atoms with Crippen molar-refractivity contribution in [1.29, 1.82) is 0 Å². The summed E-state index contributed by atoms with van der Waals surface area (Å²) >= 11 is 0. The van der Waals surface area contributed by atoms with Gasteiger partial charge in [-0.15, -0.1) is 0 Å². The number of nitrogens with zero attached hydrogens (tertiary/aromatic N) is 1. The van der Waals surface area contributed by atoms with Crippen LogP contribution >= 0.6 is 0 Å². The van der Waals surface area contributed by atoms with Crippen molar-refractivity contribution in [2.75, 3.05) is 25.0 Å². The minimum absolute atomic E-state index is 0.148. The van der Waals surface area contributed by atoms with Gasteiger partial charge in [-0.2, -0.15) is 0 Å². The van der Waals surface area contributed by atoms with Crippen LogP contribution in [0.5, 0.6) is 5.75 Å². The molecule has 1 heterocycles. The molecule has 7 heteroatoms. The van der Waals surface area contributed by atoms with E-state index in [2.05, 4.69) is 10.6 Å². The van der Waals surface area contributed by atoms with E-state index in [9.17, 15) is 14.9 Å². The Morgan fingerprint density at radius 2 is 2.38 bits per heavy atom. The summed E-state index contributed by atoms with van der Waals surface area (Å²) in [6, 6.07) is 4.46. The van der Waals surface area contributed by atoms with Crippen LogP contribution in [-0.4, -0.2) is 30.5 Å². The molecule has 1 saturated heterocycles. The predicted molar refractivity (Wildman–Crippen MR) is 78.5 cm³/mol. The first kappa shape index (κ1) is 15.2. The highest BCUT2D eigenvalue weighted by atomic mass is 16.6. The van der Waals surface area contributed by atoms with Crippen molar-refractivity contribution in [2.24, 2.45) is 5.92 Å². The van der Waals surface area contributed by atoms with E-state index in [0.29, 0.717) is 18.9 Å². The van der Waals surface area contributed by atoms with Crippen LogP contribution in [0.1, 0.15) is 19.8 Å². The minimum Gasteiger partial charge on any atom is -0.494 e. The zero-order chi connectivity index (χ0) is 15.2. The van der Waals surface area contributed by atoms with E-state index in [0.717, 1.165) is 19.4 Å². The number of ether oxygens (including phenoxy) is 1. The van der Waals surface area contributed by atoms with Crippen molar-refractivity contribution in [2.45, 2.75) is 19.8 Å². The number of hydrogen-bond donors (Lipinski definition) is 2. The average molecular weight is 293 g/mol. The van der Waals surface area contributed by atoms with E-state index in [1.165, 1.54) is 12.1 Å². The second-order valence-electron chi connectivity index (χ2n) is 4.90. The van der Waals surface area contributed by atoms with Gasteiger partial charge in [0.2, 0.25) is 5.91 Å². The third-order valence-electron chi connectivity index (χ3n) is 3.40. The number of nitro benzene ring substituents is 1. The number of amides is 1. The molecule has 0 bridgehead atoms. The summed E-state index contributed by atoms with van der Waals surface area (Å²) in [5, 5.41) is 16.9. The van der Waals surface area contributed by atoms with Gasteiger partial charge in [-0.25, -0.2) is 0 Å². The Morgan fingerprint density at radius 3 is 3.00 bits per heavy atom. The van der Waals surface area contributed by atoms with Gasteiger partial charge in [-0.3, -0.25) is 14.9 Å². The van der Waals surface area contributed by atoms with Crippen LogP contribution in [0.3, 0.4) is 0 Å². The molecule has 0 saturated carbocycles. The first-order valence-corrected chi connectivity index (χ1v) is 7.04. The van der Waals surface area contributed by atoms with Crippen LogP contribution in [0.4, 0.5) is 11.4 Å². The molecule has 1 aromatic carbocycles. The molecular weight excluding hydrogens is 274 g/mol. The van der Waals surface area contributed by atoms with Crippen molar-refractivity contribution in [3.8, 4) is 5.75 Å². The molecule has 1 amide bonds. The second-order valence-corrected chi connectivity index (χ2v) is 4.90. The van der Waals surface area contributed by atoms with Crippen LogP contribution in [0, 0.1) is 16.0 Å². The normalized spacial score (nSPS) is 18.0. The molecule has 114 valence electrons. The molecule has 2 N–H and O–H groups in total. The third kappa shape index (κ3) is 3.91. The molecule has 0 aromatic heterocycles. The zero-order valence-electron chi connectivity index (χ0n) is 11.9. The highest BCUT2D eigenvalue weighted by molar-refractivity contribution is 5.95. The van der Waals surface area contributed by atoms with Gasteiger partial charge in [0, 0.05) is 6.54 Å². The van der Waals surface area contributed by atoms with E-state index in [1.807, 2.05) is 0 Å². The van der Waals surface area contributed by atoms with Crippen LogP contribution in [0.25, 0.3) is 0 Å². The van der Waals surface area contributed by atoms with E-state index in [4.69, 9.17) is 4.74 Å². The van der Waals surface area contributed by atoms with Gasteiger partial charge in [-0.05, 0) is 38.4 Å². The highest BCUT2D eigenvalue weighted by Crippen LogP contribution is 2.29. The SMILES string of the molecule is CCOc1ccc(NC(=O)[C@@H]2CCCNC2)c([N+](=O)[O-])c1. The number of hydrogen-bond acceptors (Lipinski definition) is 5. The predicted octanol–water partition coefficient (Wildman–Crippen LogP) is 1.93. The molecule has 7 nitrogen and oxygen atoms in total. The second kappa shape index (κ2) is 7.03. The Kier molecular flexibility index (Phi) is 5.10. The van der Waals surface area contributed by atoms with Crippen molar-refractivity contribution >= 4 is 17.3 Å². The van der Waals surface area contributed by atoms with Crippen LogP contribution in [-0.2, 0) is 4.79 Å². The molecule has 0 radical (unpaired) electrons. The number of nitrogens with one attached hydrogen (secondary N) is 2. The van der Waals surface area contributed by atoms with E-state index >= 15 is 0 Å². The maximum absolute atomic E-state index is 12.1. The lowest BCUT2D eigenvalue weighted by Crippen LogP contribution is -2.37. The Bertz CT molecular complexity index is 527. The topological polar surface area (TPSA) is 93.5 Å². The Hall–Kier alpha value is -2.15. The maximum Gasteiger partial charge on any atom is 0.296 e. The van der Waals surface area contributed by atoms with Gasteiger partial charge >= 0.3 is 0 Å². The fraction of sp³-hybridized carbons (Fsp3) is 0.500. The molecule has 1 aliphatic heterocycles. The van der Waals surface area contributed by atoms with Crippen molar-refractivity contribution in [3.05, 3.63) is 28.3 Å². The first-order chi connectivity index (χ1) is 10.1. The molecule has 21 heavy (non-hydrogen) atoms. The lowest BCUT2D eigenvalue weighted by Gasteiger charge is -2.21. The molecule has 1 aromatic rings. The van der Waals surface area contributed by atoms with Crippen LogP contribution < -0.4 is 15.4 Å². The van der Waals surface area contributed by atoms with Crippen molar-refractivity contribution in [3.63, 3.8) is 0 Å². The molecule has 1 atom stereocenters. The number of benzene rings is 1. The largest absolute Gasteiger partial charge is 0.494 e. The molecule has 0 unspecified atom stereocenters. The summed E-state index contributed by atoms with van der Waals surface area (Å²) in [6.07, 6.45) is 1.73. The van der Waals surface area contributed by atoms with Gasteiger partial charge in [0.15, 0.2) is 0 Å². The number of carbonyl (C=O) groups is 1. The Labute approximate surface area is 122 Å². The standard InChI is InChI=1S/C14H19N3O4/c1-2-21-11-5-6-12(13(8-11)17(19)20)16-14(18)10-4-3-7-15-9-10/h5-6,8,10,15H,2-4,7,9H2,1H3,(H,16,18)/t10-/m1/s1. The molecule has 1 aliphatic rings. The average Bonchev–Trinajstić information content (AvgIpc) is 2.49. The fourth-order valence-electron chi connectivity index (χ4n) is 2.34. The number of anilines is 1. The van der Waals surface area contributed by atoms with Crippen LogP contribution in [0.15, 0.2) is 18.2 Å². The summed E-state index contributed by atoms with van der Waals surface area (Å²) < 4.78 is 5.25. The van der Waals surface area contributed by atoms with Crippen molar-refractivity contribution < 1.29 is 14.5 Å². The molecule has 0 spiro atoms. The summed E-state index contributed by atoms with van der Waals surface area (Å²) in [5.41, 5.74) is 0.0529. The highest BCUT2D eigenvalue weighted by Gasteiger charge is 2.24. The smallest absolute Gasteiger partial charge is 0.296 e. The molecule has 1 fully saturated rings. The first-order valence-electron chi connectivity index (χ1n) is 7.04. The minimum atomic E-state index is -0.517. The summed E-state index contributed by atoms with van der Waals surface area (Å²) in [7, 11) is 0. The fourth-order valence-corrected chi connectivity index (χ4v) is 2.34. The quantitative estimate of drug-likeness (QED) is 0.639. The summed E-state index contributed by atoms with van der Waals surface area (Å²) in [6.45, 7) is 3.75. The van der Waals surface area contributed by atoms with Crippen LogP contribution in [0.2, 0.25) is 0 Å². The van der Waals surface area contributed by atoms with E-state index < -0.39 is 4.92 Å². The summed E-state index contributed by atoms with van der Waals surface area (Å²) in [4.78, 5) is 22.8. The zero-order valence-corrected chi connectivity index (χ0v) is 11.9. The van der Waals surface area contributed by atoms with Gasteiger partial charge in [0.25, 0.3) is 5.69 Å². The molecule has 2 rings (SSSR count). The van der Waals surface area contributed by atoms with Gasteiger partial charge < -0.3 is 15.4 Å². The number of rotatable bonds is 5. The number of carbonyl (C=O) groups excluding carboxylic acids is 1. The van der Waals surface area contributed by atoms with Gasteiger partial charge in [-0.1, -0.05) is 0 Å².